The molecular weight excluding hydrogens is 324 g/mol. The molecule has 0 bridgehead atoms. The highest BCUT2D eigenvalue weighted by atomic mass is 16.2. The van der Waals surface area contributed by atoms with Crippen molar-refractivity contribution >= 4 is 23.5 Å². The van der Waals surface area contributed by atoms with E-state index in [0.717, 1.165) is 12.8 Å². The van der Waals surface area contributed by atoms with E-state index in [1.807, 2.05) is 0 Å². The Morgan fingerprint density at radius 1 is 1.12 bits per heavy atom. The summed E-state index contributed by atoms with van der Waals surface area (Å²) in [6, 6.07) is 6.61. The van der Waals surface area contributed by atoms with E-state index >= 15 is 0 Å². The summed E-state index contributed by atoms with van der Waals surface area (Å²) in [7, 11) is 0. The number of Topliss-reactive ketones (excluding diaryl/α,β-unsaturated/α-hetero) is 1. The van der Waals surface area contributed by atoms with Crippen LogP contribution in [0.3, 0.4) is 0 Å². The molecule has 1 aromatic rings. The van der Waals surface area contributed by atoms with Gasteiger partial charge in [-0.15, -0.1) is 0 Å². The third kappa shape index (κ3) is 5.68. The molecule has 0 saturated heterocycles. The summed E-state index contributed by atoms with van der Waals surface area (Å²) in [6.07, 6.45) is 2.54. The Bertz CT molecular complexity index is 658. The number of hydrogen-bond donors (Lipinski definition) is 4. The van der Waals surface area contributed by atoms with Gasteiger partial charge in [-0.05, 0) is 17.9 Å². The standard InChI is InChI=1S/C17H22N4O4/c18-12(8-10-6-7-10)15(23)17(25)20-9-13(22)21-14(16(19)24)11-4-2-1-3-5-11/h1-5,10,12,14H,6-9,18H2,(H2,19,24)(H,20,25)(H,21,22)/t12?,14-/m0/s1. The van der Waals surface area contributed by atoms with Crippen molar-refractivity contribution in [1.29, 1.82) is 0 Å². The predicted octanol–water partition coefficient (Wildman–Crippen LogP) is -0.858. The minimum Gasteiger partial charge on any atom is -0.368 e. The van der Waals surface area contributed by atoms with Gasteiger partial charge in [0.05, 0.1) is 12.6 Å². The van der Waals surface area contributed by atoms with Gasteiger partial charge in [-0.25, -0.2) is 0 Å². The number of hydrogen-bond acceptors (Lipinski definition) is 5. The van der Waals surface area contributed by atoms with E-state index < -0.39 is 42.1 Å². The number of amides is 3. The predicted molar refractivity (Wildman–Crippen MR) is 89.9 cm³/mol. The maximum atomic E-state index is 11.9. The number of carbonyl (C=O) groups is 4. The topological polar surface area (TPSA) is 144 Å². The van der Waals surface area contributed by atoms with Gasteiger partial charge in [-0.1, -0.05) is 43.2 Å². The van der Waals surface area contributed by atoms with Gasteiger partial charge in [0.25, 0.3) is 5.91 Å². The van der Waals surface area contributed by atoms with Crippen molar-refractivity contribution in [3.63, 3.8) is 0 Å². The van der Waals surface area contributed by atoms with E-state index in [-0.39, 0.29) is 0 Å². The zero-order valence-electron chi connectivity index (χ0n) is 13.7. The summed E-state index contributed by atoms with van der Waals surface area (Å²) >= 11 is 0. The van der Waals surface area contributed by atoms with Crippen molar-refractivity contribution in [2.75, 3.05) is 6.54 Å². The largest absolute Gasteiger partial charge is 0.368 e. The molecular formula is C17H22N4O4. The Labute approximate surface area is 145 Å². The molecule has 0 spiro atoms. The molecule has 1 aromatic carbocycles. The van der Waals surface area contributed by atoms with Crippen LogP contribution < -0.4 is 22.1 Å². The molecule has 1 fully saturated rings. The van der Waals surface area contributed by atoms with Gasteiger partial charge in [0.15, 0.2) is 0 Å². The second-order valence-electron chi connectivity index (χ2n) is 6.15. The second-order valence-corrected chi connectivity index (χ2v) is 6.15. The third-order valence-corrected chi connectivity index (χ3v) is 3.98. The van der Waals surface area contributed by atoms with Crippen molar-refractivity contribution < 1.29 is 19.2 Å². The monoisotopic (exact) mass is 346 g/mol. The van der Waals surface area contributed by atoms with E-state index in [4.69, 9.17) is 11.5 Å². The molecule has 0 radical (unpaired) electrons. The number of carbonyl (C=O) groups excluding carboxylic acids is 4. The molecule has 0 heterocycles. The molecule has 134 valence electrons. The molecule has 0 aliphatic heterocycles. The third-order valence-electron chi connectivity index (χ3n) is 3.98. The molecule has 1 aliphatic carbocycles. The molecule has 3 amide bonds. The average Bonchev–Trinajstić information content (AvgIpc) is 3.41. The lowest BCUT2D eigenvalue weighted by Gasteiger charge is -2.16. The van der Waals surface area contributed by atoms with Crippen LogP contribution in [0, 0.1) is 5.92 Å². The Morgan fingerprint density at radius 3 is 2.32 bits per heavy atom. The Kier molecular flexibility index (Phi) is 6.24. The summed E-state index contributed by atoms with van der Waals surface area (Å²) in [4.78, 5) is 47.1. The Morgan fingerprint density at radius 2 is 1.76 bits per heavy atom. The first kappa shape index (κ1) is 18.6. The lowest BCUT2D eigenvalue weighted by atomic mass is 10.1. The normalized spacial score (nSPS) is 15.7. The maximum Gasteiger partial charge on any atom is 0.289 e. The number of ketones is 1. The molecule has 8 nitrogen and oxygen atoms in total. The summed E-state index contributed by atoms with van der Waals surface area (Å²) in [5.74, 6) is -2.59. The van der Waals surface area contributed by atoms with Crippen LogP contribution in [0.25, 0.3) is 0 Å². The SMILES string of the molecule is NC(=O)[C@@H](NC(=O)CNC(=O)C(=O)C(N)CC1CC1)c1ccccc1. The van der Waals surface area contributed by atoms with Crippen LogP contribution in [0.2, 0.25) is 0 Å². The van der Waals surface area contributed by atoms with Gasteiger partial charge in [-0.3, -0.25) is 19.2 Å². The molecule has 2 atom stereocenters. The summed E-state index contributed by atoms with van der Waals surface area (Å²) < 4.78 is 0. The zero-order chi connectivity index (χ0) is 18.4. The van der Waals surface area contributed by atoms with Crippen molar-refractivity contribution in [1.82, 2.24) is 10.6 Å². The molecule has 0 aromatic heterocycles. The fourth-order valence-corrected chi connectivity index (χ4v) is 2.41. The van der Waals surface area contributed by atoms with Crippen molar-refractivity contribution in [2.45, 2.75) is 31.3 Å². The molecule has 1 saturated carbocycles. The fraction of sp³-hybridized carbons (Fsp3) is 0.412. The highest BCUT2D eigenvalue weighted by molar-refractivity contribution is 6.38. The van der Waals surface area contributed by atoms with Crippen LogP contribution in [0.1, 0.15) is 30.9 Å². The minimum absolute atomic E-state index is 0.414. The summed E-state index contributed by atoms with van der Waals surface area (Å²) in [5.41, 5.74) is 11.5. The fourth-order valence-electron chi connectivity index (χ4n) is 2.41. The van der Waals surface area contributed by atoms with Crippen LogP contribution >= 0.6 is 0 Å². The van der Waals surface area contributed by atoms with Crippen LogP contribution in [0.4, 0.5) is 0 Å². The number of benzene rings is 1. The lowest BCUT2D eigenvalue weighted by molar-refractivity contribution is -0.139. The Hall–Kier alpha value is -2.74. The van der Waals surface area contributed by atoms with Crippen LogP contribution in [0.5, 0.6) is 0 Å². The number of nitrogens with one attached hydrogen (secondary N) is 2. The van der Waals surface area contributed by atoms with Crippen LogP contribution in [-0.2, 0) is 19.2 Å². The first-order valence-corrected chi connectivity index (χ1v) is 8.09. The second kappa shape index (κ2) is 8.39. The number of rotatable bonds is 9. The van der Waals surface area contributed by atoms with Crippen LogP contribution in [-0.4, -0.2) is 36.1 Å². The first-order chi connectivity index (χ1) is 11.9. The maximum absolute atomic E-state index is 11.9. The first-order valence-electron chi connectivity index (χ1n) is 8.09. The molecule has 8 heteroatoms. The van der Waals surface area contributed by atoms with Crippen LogP contribution in [0.15, 0.2) is 30.3 Å². The quantitative estimate of drug-likeness (QED) is 0.430. The summed E-state index contributed by atoms with van der Waals surface area (Å²) in [6.45, 7) is -0.447. The molecule has 1 aliphatic rings. The molecule has 2 rings (SSSR count). The highest BCUT2D eigenvalue weighted by Gasteiger charge is 2.30. The smallest absolute Gasteiger partial charge is 0.289 e. The highest BCUT2D eigenvalue weighted by Crippen LogP contribution is 2.33. The molecule has 1 unspecified atom stereocenters. The molecule has 6 N–H and O–H groups in total. The van der Waals surface area contributed by atoms with E-state index in [9.17, 15) is 19.2 Å². The summed E-state index contributed by atoms with van der Waals surface area (Å²) in [5, 5.41) is 4.65. The Balaban J connectivity index is 1.83. The van der Waals surface area contributed by atoms with Gasteiger partial charge in [0, 0.05) is 0 Å². The van der Waals surface area contributed by atoms with E-state index in [2.05, 4.69) is 10.6 Å². The average molecular weight is 346 g/mol. The zero-order valence-corrected chi connectivity index (χ0v) is 13.7. The number of nitrogens with two attached hydrogens (primary N) is 2. The minimum atomic E-state index is -1.02. The van der Waals surface area contributed by atoms with Gasteiger partial charge >= 0.3 is 0 Å². The van der Waals surface area contributed by atoms with Gasteiger partial charge < -0.3 is 22.1 Å². The van der Waals surface area contributed by atoms with Gasteiger partial charge in [0.2, 0.25) is 17.6 Å². The van der Waals surface area contributed by atoms with Gasteiger partial charge in [-0.2, -0.15) is 0 Å². The van der Waals surface area contributed by atoms with E-state index in [1.54, 1.807) is 30.3 Å². The van der Waals surface area contributed by atoms with Crippen molar-refractivity contribution in [3.05, 3.63) is 35.9 Å². The van der Waals surface area contributed by atoms with Crippen molar-refractivity contribution in [3.8, 4) is 0 Å². The number of primary amides is 1. The van der Waals surface area contributed by atoms with Crippen molar-refractivity contribution in [2.24, 2.45) is 17.4 Å². The lowest BCUT2D eigenvalue weighted by Crippen LogP contribution is -2.47. The van der Waals surface area contributed by atoms with E-state index in [0.29, 0.717) is 17.9 Å². The van der Waals surface area contributed by atoms with E-state index in [1.165, 1.54) is 0 Å². The van der Waals surface area contributed by atoms with Gasteiger partial charge in [0.1, 0.15) is 6.04 Å². The molecule has 25 heavy (non-hydrogen) atoms.